The molecule has 1 saturated heterocycles. The molecule has 11 heteroatoms. The van der Waals surface area contributed by atoms with Crippen LogP contribution < -0.4 is 0 Å². The third-order valence-corrected chi connectivity index (χ3v) is 5.96. The van der Waals surface area contributed by atoms with Gasteiger partial charge in [-0.1, -0.05) is 17.8 Å². The summed E-state index contributed by atoms with van der Waals surface area (Å²) < 4.78 is 41.2. The normalized spacial score (nSPS) is 14.4. The number of hydrogen-bond acceptors (Lipinski definition) is 5. The third kappa shape index (κ3) is 4.36. The Balaban J connectivity index is 1.76. The van der Waals surface area contributed by atoms with E-state index in [2.05, 4.69) is 4.98 Å². The zero-order chi connectivity index (χ0) is 22.2. The number of carbonyl (C=O) groups is 1. The minimum absolute atomic E-state index is 0.0730. The van der Waals surface area contributed by atoms with Crippen LogP contribution in [0, 0.1) is 10.1 Å². The van der Waals surface area contributed by atoms with Crippen molar-refractivity contribution in [2.45, 2.75) is 24.2 Å². The van der Waals surface area contributed by atoms with Crippen LogP contribution in [0.3, 0.4) is 0 Å². The summed E-state index contributed by atoms with van der Waals surface area (Å²) in [6.45, 7) is 1.38. The minimum atomic E-state index is -4.52. The van der Waals surface area contributed by atoms with E-state index in [0.29, 0.717) is 23.8 Å². The number of nitro benzene ring substituents is 1. The second-order valence-electron chi connectivity index (χ2n) is 7.08. The van der Waals surface area contributed by atoms with Crippen LogP contribution in [0.25, 0.3) is 16.7 Å². The van der Waals surface area contributed by atoms with Crippen molar-refractivity contribution in [3.8, 4) is 5.69 Å². The lowest BCUT2D eigenvalue weighted by molar-refractivity contribution is -0.384. The fourth-order valence-corrected chi connectivity index (χ4v) is 4.44. The molecule has 2 heterocycles. The van der Waals surface area contributed by atoms with E-state index in [1.165, 1.54) is 34.9 Å². The van der Waals surface area contributed by atoms with Crippen molar-refractivity contribution >= 4 is 34.4 Å². The van der Waals surface area contributed by atoms with Gasteiger partial charge in [0.2, 0.25) is 5.91 Å². The van der Waals surface area contributed by atoms with E-state index in [4.69, 9.17) is 0 Å². The van der Waals surface area contributed by atoms with Gasteiger partial charge in [0.05, 0.1) is 27.3 Å². The summed E-state index contributed by atoms with van der Waals surface area (Å²) in [6, 6.07) is 8.76. The summed E-state index contributed by atoms with van der Waals surface area (Å²) in [5, 5.41) is 11.4. The van der Waals surface area contributed by atoms with Gasteiger partial charge in [-0.2, -0.15) is 13.2 Å². The van der Waals surface area contributed by atoms with Crippen molar-refractivity contribution in [1.82, 2.24) is 14.5 Å². The molecule has 0 N–H and O–H groups in total. The van der Waals surface area contributed by atoms with Crippen LogP contribution in [0.5, 0.6) is 0 Å². The summed E-state index contributed by atoms with van der Waals surface area (Å²) >= 11 is 1.10. The fraction of sp³-hybridized carbons (Fsp3) is 0.300. The highest BCUT2D eigenvalue weighted by molar-refractivity contribution is 7.99. The second kappa shape index (κ2) is 8.22. The summed E-state index contributed by atoms with van der Waals surface area (Å²) in [4.78, 5) is 29.1. The zero-order valence-corrected chi connectivity index (χ0v) is 16.9. The number of amides is 1. The molecule has 1 amide bonds. The van der Waals surface area contributed by atoms with Gasteiger partial charge in [0.25, 0.3) is 5.69 Å². The minimum Gasteiger partial charge on any atom is -0.342 e. The van der Waals surface area contributed by atoms with Gasteiger partial charge in [-0.05, 0) is 37.1 Å². The highest BCUT2D eigenvalue weighted by Gasteiger charge is 2.31. The molecule has 1 aromatic heterocycles. The first-order valence-electron chi connectivity index (χ1n) is 9.49. The first-order chi connectivity index (χ1) is 14.7. The average Bonchev–Trinajstić information content (AvgIpc) is 3.38. The van der Waals surface area contributed by atoms with E-state index in [-0.39, 0.29) is 28.6 Å². The molecule has 1 aliphatic rings. The highest BCUT2D eigenvalue weighted by atomic mass is 32.2. The summed E-state index contributed by atoms with van der Waals surface area (Å²) in [6.07, 6.45) is -2.63. The summed E-state index contributed by atoms with van der Waals surface area (Å²) in [5.41, 5.74) is -0.102. The number of aromatic nitrogens is 2. The number of fused-ring (bicyclic) bond motifs is 1. The standard InChI is InChI=1S/C20H17F3N4O3S/c21-20(22,23)13-4-3-5-14(10-13)26-17-7-6-15(27(29)30)11-16(17)24-19(26)31-12-18(28)25-8-1-2-9-25/h3-7,10-11H,1-2,8-9,12H2. The quantitative estimate of drug-likeness (QED) is 0.321. The number of halogens is 3. The Kier molecular flexibility index (Phi) is 5.61. The molecular weight excluding hydrogens is 433 g/mol. The molecule has 162 valence electrons. The Morgan fingerprint density at radius 1 is 1.16 bits per heavy atom. The number of thioether (sulfide) groups is 1. The number of alkyl halides is 3. The van der Waals surface area contributed by atoms with Crippen molar-refractivity contribution < 1.29 is 22.9 Å². The van der Waals surface area contributed by atoms with Gasteiger partial charge >= 0.3 is 6.18 Å². The molecule has 0 atom stereocenters. The van der Waals surface area contributed by atoms with E-state index in [1.807, 2.05) is 0 Å². The first-order valence-corrected chi connectivity index (χ1v) is 10.5. The van der Waals surface area contributed by atoms with Gasteiger partial charge in [0.1, 0.15) is 0 Å². The van der Waals surface area contributed by atoms with Crippen molar-refractivity contribution in [2.75, 3.05) is 18.8 Å². The van der Waals surface area contributed by atoms with Gasteiger partial charge < -0.3 is 4.90 Å². The number of hydrogen-bond donors (Lipinski definition) is 0. The summed E-state index contributed by atoms with van der Waals surface area (Å²) in [5.74, 6) is 0.000758. The molecule has 1 fully saturated rings. The maximum absolute atomic E-state index is 13.2. The van der Waals surface area contributed by atoms with Gasteiger partial charge in [-0.3, -0.25) is 19.5 Å². The lowest BCUT2D eigenvalue weighted by Crippen LogP contribution is -2.29. The first kappa shape index (κ1) is 21.2. The molecule has 0 unspecified atom stereocenters. The van der Waals surface area contributed by atoms with E-state index >= 15 is 0 Å². The predicted molar refractivity (Wildman–Crippen MR) is 109 cm³/mol. The lowest BCUT2D eigenvalue weighted by Gasteiger charge is -2.15. The van der Waals surface area contributed by atoms with Crippen molar-refractivity contribution in [3.05, 3.63) is 58.1 Å². The smallest absolute Gasteiger partial charge is 0.342 e. The fourth-order valence-electron chi connectivity index (χ4n) is 3.51. The number of non-ortho nitro benzene ring substituents is 1. The molecule has 0 aliphatic carbocycles. The maximum Gasteiger partial charge on any atom is 0.416 e. The molecule has 0 saturated carbocycles. The number of benzene rings is 2. The SMILES string of the molecule is O=C(CSc1nc2cc([N+](=O)[O-])ccc2n1-c1cccc(C(F)(F)F)c1)N1CCCC1. The van der Waals surface area contributed by atoms with Crippen LogP contribution >= 0.6 is 11.8 Å². The number of rotatable bonds is 5. The van der Waals surface area contributed by atoms with Crippen molar-refractivity contribution in [2.24, 2.45) is 0 Å². The molecule has 31 heavy (non-hydrogen) atoms. The van der Waals surface area contributed by atoms with Crippen molar-refractivity contribution in [3.63, 3.8) is 0 Å². The highest BCUT2D eigenvalue weighted by Crippen LogP contribution is 2.34. The van der Waals surface area contributed by atoms with Gasteiger partial charge in [-0.15, -0.1) is 0 Å². The molecule has 0 spiro atoms. The third-order valence-electron chi connectivity index (χ3n) is 5.03. The molecule has 2 aromatic carbocycles. The molecule has 3 aromatic rings. The molecule has 7 nitrogen and oxygen atoms in total. The van der Waals surface area contributed by atoms with E-state index in [9.17, 15) is 28.1 Å². The Morgan fingerprint density at radius 3 is 2.58 bits per heavy atom. The molecule has 1 aliphatic heterocycles. The average molecular weight is 450 g/mol. The largest absolute Gasteiger partial charge is 0.416 e. The number of nitrogens with zero attached hydrogens (tertiary/aromatic N) is 4. The monoisotopic (exact) mass is 450 g/mol. The van der Waals surface area contributed by atoms with Crippen LogP contribution in [-0.2, 0) is 11.0 Å². The Bertz CT molecular complexity index is 1160. The van der Waals surface area contributed by atoms with Crippen molar-refractivity contribution in [1.29, 1.82) is 0 Å². The van der Waals surface area contributed by atoms with Crippen LogP contribution in [0.15, 0.2) is 47.6 Å². The predicted octanol–water partition coefficient (Wildman–Crippen LogP) is 4.67. The lowest BCUT2D eigenvalue weighted by atomic mass is 10.2. The molecule has 4 rings (SSSR count). The molecule has 0 radical (unpaired) electrons. The molecular formula is C20H17F3N4O3S. The Labute approximate surface area is 179 Å². The molecule has 0 bridgehead atoms. The van der Waals surface area contributed by atoms with Crippen LogP contribution in [0.2, 0.25) is 0 Å². The Morgan fingerprint density at radius 2 is 1.90 bits per heavy atom. The van der Waals surface area contributed by atoms with E-state index in [1.54, 1.807) is 4.90 Å². The van der Waals surface area contributed by atoms with Gasteiger partial charge in [-0.25, -0.2) is 4.98 Å². The second-order valence-corrected chi connectivity index (χ2v) is 8.03. The number of likely N-dealkylation sites (tertiary alicyclic amines) is 1. The van der Waals surface area contributed by atoms with Crippen LogP contribution in [0.4, 0.5) is 18.9 Å². The topological polar surface area (TPSA) is 81.3 Å². The Hall–Kier alpha value is -3.08. The number of carbonyl (C=O) groups excluding carboxylic acids is 1. The van der Waals surface area contributed by atoms with E-state index in [0.717, 1.165) is 36.7 Å². The van der Waals surface area contributed by atoms with Gasteiger partial charge in [0.15, 0.2) is 5.16 Å². The van der Waals surface area contributed by atoms with Crippen LogP contribution in [0.1, 0.15) is 18.4 Å². The van der Waals surface area contributed by atoms with E-state index < -0.39 is 16.7 Å². The maximum atomic E-state index is 13.2. The number of nitro groups is 1. The number of imidazole rings is 1. The zero-order valence-electron chi connectivity index (χ0n) is 16.1. The van der Waals surface area contributed by atoms with Crippen LogP contribution in [-0.4, -0.2) is 44.1 Å². The summed E-state index contributed by atoms with van der Waals surface area (Å²) in [7, 11) is 0. The van der Waals surface area contributed by atoms with Gasteiger partial charge in [0, 0.05) is 30.9 Å².